The molecular formula is C19H22N2O3. The molecule has 1 amide bonds. The molecule has 0 radical (unpaired) electrons. The van der Waals surface area contributed by atoms with Gasteiger partial charge in [-0.1, -0.05) is 13.8 Å². The van der Waals surface area contributed by atoms with Gasteiger partial charge >= 0.3 is 5.97 Å². The Hall–Kier alpha value is -2.30. The summed E-state index contributed by atoms with van der Waals surface area (Å²) in [6, 6.07) is 7.63. The lowest BCUT2D eigenvalue weighted by Gasteiger charge is -2.54. The first-order valence-electron chi connectivity index (χ1n) is 8.32. The summed E-state index contributed by atoms with van der Waals surface area (Å²) in [5, 5.41) is 1.02. The van der Waals surface area contributed by atoms with E-state index in [2.05, 4.69) is 18.8 Å². The number of hydrogen-bond donors (Lipinski definition) is 1. The molecule has 0 spiro atoms. The second-order valence-electron chi connectivity index (χ2n) is 7.83. The minimum Gasteiger partial charge on any atom is -0.469 e. The Labute approximate surface area is 141 Å². The number of aromatic amines is 1. The van der Waals surface area contributed by atoms with Crippen LogP contribution < -0.4 is 0 Å². The number of amides is 1. The number of carbonyl (C=O) groups is 2. The number of nitrogens with one attached hydrogen (secondary N) is 1. The summed E-state index contributed by atoms with van der Waals surface area (Å²) in [6.45, 7) is 5.40. The Balaban J connectivity index is 1.63. The van der Waals surface area contributed by atoms with Crippen LogP contribution in [-0.4, -0.2) is 42.0 Å². The van der Waals surface area contributed by atoms with Crippen molar-refractivity contribution >= 4 is 22.8 Å². The molecule has 24 heavy (non-hydrogen) atoms. The minimum atomic E-state index is -0.522. The number of methoxy groups -OCH3 is 1. The Morgan fingerprint density at radius 2 is 2.08 bits per heavy atom. The number of rotatable bonds is 2. The zero-order valence-electron chi connectivity index (χ0n) is 14.3. The fourth-order valence-corrected chi connectivity index (χ4v) is 4.90. The van der Waals surface area contributed by atoms with Gasteiger partial charge in [-0.25, -0.2) is 0 Å². The highest BCUT2D eigenvalue weighted by Crippen LogP contribution is 2.63. The maximum absolute atomic E-state index is 13.0. The van der Waals surface area contributed by atoms with Gasteiger partial charge in [-0.2, -0.15) is 0 Å². The average molecular weight is 326 g/mol. The van der Waals surface area contributed by atoms with Crippen molar-refractivity contribution < 1.29 is 14.3 Å². The van der Waals surface area contributed by atoms with Crippen LogP contribution in [0.15, 0.2) is 30.5 Å². The number of esters is 1. The highest BCUT2D eigenvalue weighted by molar-refractivity contribution is 5.99. The Morgan fingerprint density at radius 1 is 1.29 bits per heavy atom. The number of ether oxygens (including phenoxy) is 1. The van der Waals surface area contributed by atoms with Gasteiger partial charge in [-0.05, 0) is 42.0 Å². The van der Waals surface area contributed by atoms with Gasteiger partial charge < -0.3 is 14.6 Å². The second kappa shape index (κ2) is 4.85. The molecule has 1 saturated carbocycles. The standard InChI is InChI=1S/C19H22N2O3/c1-18(2)10-19(17(23)24-3)11-21(9-15(18)19)16(22)13-4-5-14-12(8-13)6-7-20-14/h4-8,15,20H,9-11H2,1-3H3/t15-,19+/m1/s1. The molecule has 2 aliphatic rings. The van der Waals surface area contributed by atoms with Crippen LogP contribution in [0.25, 0.3) is 10.9 Å². The topological polar surface area (TPSA) is 62.4 Å². The molecule has 2 atom stereocenters. The van der Waals surface area contributed by atoms with Gasteiger partial charge in [0.2, 0.25) is 0 Å². The lowest BCUT2D eigenvalue weighted by atomic mass is 9.48. The van der Waals surface area contributed by atoms with E-state index in [0.29, 0.717) is 18.7 Å². The van der Waals surface area contributed by atoms with Crippen molar-refractivity contribution in [3.05, 3.63) is 36.0 Å². The van der Waals surface area contributed by atoms with Crippen molar-refractivity contribution in [3.8, 4) is 0 Å². The molecule has 1 aromatic carbocycles. The SMILES string of the molecule is COC(=O)[C@@]12CN(C(=O)c3ccc4[nH]ccc4c3)C[C@@H]1C(C)(C)C2. The molecule has 1 aromatic heterocycles. The molecule has 4 rings (SSSR count). The number of nitrogens with zero attached hydrogens (tertiary/aromatic N) is 1. The first-order chi connectivity index (χ1) is 11.4. The van der Waals surface area contributed by atoms with Crippen molar-refractivity contribution in [1.82, 2.24) is 9.88 Å². The van der Waals surface area contributed by atoms with Crippen molar-refractivity contribution in [1.29, 1.82) is 0 Å². The first-order valence-corrected chi connectivity index (χ1v) is 8.32. The van der Waals surface area contributed by atoms with Crippen molar-refractivity contribution in [2.24, 2.45) is 16.7 Å². The van der Waals surface area contributed by atoms with E-state index in [4.69, 9.17) is 4.74 Å². The third kappa shape index (κ3) is 1.93. The molecule has 2 aromatic rings. The fraction of sp³-hybridized carbons (Fsp3) is 0.474. The summed E-state index contributed by atoms with van der Waals surface area (Å²) in [5.74, 6) is -0.0211. The number of H-pyrrole nitrogens is 1. The number of fused-ring (bicyclic) bond motifs is 2. The predicted molar refractivity (Wildman–Crippen MR) is 90.5 cm³/mol. The van der Waals surface area contributed by atoms with Gasteiger partial charge in [0.15, 0.2) is 0 Å². The molecule has 5 heteroatoms. The molecule has 1 N–H and O–H groups in total. The zero-order chi connectivity index (χ0) is 17.1. The smallest absolute Gasteiger partial charge is 0.314 e. The fourth-order valence-electron chi connectivity index (χ4n) is 4.90. The largest absolute Gasteiger partial charge is 0.469 e. The van der Waals surface area contributed by atoms with Crippen molar-refractivity contribution in [3.63, 3.8) is 0 Å². The molecule has 126 valence electrons. The van der Waals surface area contributed by atoms with Crippen molar-refractivity contribution in [2.45, 2.75) is 20.3 Å². The van der Waals surface area contributed by atoms with E-state index in [0.717, 1.165) is 17.3 Å². The monoisotopic (exact) mass is 326 g/mol. The molecular weight excluding hydrogens is 304 g/mol. The van der Waals surface area contributed by atoms with Crippen LogP contribution in [0.2, 0.25) is 0 Å². The predicted octanol–water partition coefficient (Wildman–Crippen LogP) is 2.83. The van der Waals surface area contributed by atoms with E-state index in [-0.39, 0.29) is 23.2 Å². The van der Waals surface area contributed by atoms with Crippen LogP contribution in [0.5, 0.6) is 0 Å². The Morgan fingerprint density at radius 3 is 2.79 bits per heavy atom. The molecule has 5 nitrogen and oxygen atoms in total. The van der Waals surface area contributed by atoms with E-state index in [1.165, 1.54) is 7.11 Å². The van der Waals surface area contributed by atoms with Crippen LogP contribution in [0.1, 0.15) is 30.6 Å². The average Bonchev–Trinajstić information content (AvgIpc) is 3.15. The molecule has 1 aliphatic heterocycles. The third-order valence-corrected chi connectivity index (χ3v) is 5.94. The molecule has 2 heterocycles. The molecule has 0 bridgehead atoms. The molecule has 1 saturated heterocycles. The summed E-state index contributed by atoms with van der Waals surface area (Å²) in [6.07, 6.45) is 2.64. The lowest BCUT2D eigenvalue weighted by molar-refractivity contribution is -0.174. The minimum absolute atomic E-state index is 0.00780. The normalized spacial score (nSPS) is 27.6. The van der Waals surface area contributed by atoms with E-state index in [1.807, 2.05) is 35.4 Å². The van der Waals surface area contributed by atoms with Gasteiger partial charge in [0.05, 0.1) is 12.5 Å². The number of aromatic nitrogens is 1. The first kappa shape index (κ1) is 15.2. The van der Waals surface area contributed by atoms with Gasteiger partial charge in [-0.3, -0.25) is 9.59 Å². The quantitative estimate of drug-likeness (QED) is 0.863. The number of hydrogen-bond acceptors (Lipinski definition) is 3. The zero-order valence-corrected chi connectivity index (χ0v) is 14.3. The van der Waals surface area contributed by atoms with Crippen LogP contribution in [-0.2, 0) is 9.53 Å². The molecule has 0 unspecified atom stereocenters. The highest BCUT2D eigenvalue weighted by Gasteiger charge is 2.68. The summed E-state index contributed by atoms with van der Waals surface area (Å²) in [7, 11) is 1.43. The summed E-state index contributed by atoms with van der Waals surface area (Å²) in [4.78, 5) is 30.3. The van der Waals surface area contributed by atoms with E-state index >= 15 is 0 Å². The van der Waals surface area contributed by atoms with E-state index in [1.54, 1.807) is 0 Å². The van der Waals surface area contributed by atoms with Gasteiger partial charge in [0.25, 0.3) is 5.91 Å². The lowest BCUT2D eigenvalue weighted by Crippen LogP contribution is -2.57. The van der Waals surface area contributed by atoms with Crippen LogP contribution >= 0.6 is 0 Å². The van der Waals surface area contributed by atoms with Crippen LogP contribution in [0.3, 0.4) is 0 Å². The maximum Gasteiger partial charge on any atom is 0.314 e. The Kier molecular flexibility index (Phi) is 3.08. The van der Waals surface area contributed by atoms with E-state index in [9.17, 15) is 9.59 Å². The molecule has 2 fully saturated rings. The van der Waals surface area contributed by atoms with Crippen molar-refractivity contribution in [2.75, 3.05) is 20.2 Å². The summed E-state index contributed by atoms with van der Waals surface area (Å²) in [5.41, 5.74) is 1.22. The van der Waals surface area contributed by atoms with E-state index < -0.39 is 5.41 Å². The van der Waals surface area contributed by atoms with Gasteiger partial charge in [0.1, 0.15) is 0 Å². The Bertz CT molecular complexity index is 838. The number of likely N-dealkylation sites (tertiary alicyclic amines) is 1. The van der Waals surface area contributed by atoms with Gasteiger partial charge in [-0.15, -0.1) is 0 Å². The highest BCUT2D eigenvalue weighted by atomic mass is 16.5. The van der Waals surface area contributed by atoms with Gasteiger partial charge in [0, 0.05) is 35.8 Å². The number of carbonyl (C=O) groups excluding carboxylic acids is 2. The van der Waals surface area contributed by atoms with Crippen LogP contribution in [0, 0.1) is 16.7 Å². The summed E-state index contributed by atoms with van der Waals surface area (Å²) >= 11 is 0. The second-order valence-corrected chi connectivity index (χ2v) is 7.83. The molecule has 1 aliphatic carbocycles. The third-order valence-electron chi connectivity index (χ3n) is 5.94. The summed E-state index contributed by atoms with van der Waals surface area (Å²) < 4.78 is 5.05. The maximum atomic E-state index is 13.0. The number of benzene rings is 1. The van der Waals surface area contributed by atoms with Crippen LogP contribution in [0.4, 0.5) is 0 Å².